The molecule has 2 aromatic rings. The first kappa shape index (κ1) is 25.7. The van der Waals surface area contributed by atoms with Crippen molar-refractivity contribution >= 4 is 41.1 Å². The largest absolute Gasteiger partial charge is 0.480 e. The Morgan fingerprint density at radius 1 is 1.11 bits per heavy atom. The Hall–Kier alpha value is -3.43. The molecule has 2 aliphatic rings. The number of benzene rings is 2. The third-order valence-electron chi connectivity index (χ3n) is 7.27. The molecule has 10 heteroatoms. The van der Waals surface area contributed by atoms with Crippen molar-refractivity contribution in [3.8, 4) is 0 Å². The number of amides is 4. The first-order valence-corrected chi connectivity index (χ1v) is 12.1. The number of carbonyl (C=O) groups excluding carboxylic acids is 3. The number of nitrogens with zero attached hydrogens (tertiary/aromatic N) is 1. The molecule has 0 bridgehead atoms. The number of carbonyl (C=O) groups is 4. The average Bonchev–Trinajstić information content (AvgIpc) is 3.29. The number of fused-ring (bicyclic) bond motifs is 1. The van der Waals surface area contributed by atoms with E-state index < -0.39 is 47.2 Å². The smallest absolute Gasteiger partial charge is 0.324 e. The predicted molar refractivity (Wildman–Crippen MR) is 135 cm³/mol. The molecule has 2 aromatic carbocycles. The highest BCUT2D eigenvalue weighted by atomic mass is 35.5. The fraction of sp³-hybridized carbons (Fsp3) is 0.385. The number of urea groups is 1. The second-order valence-corrected chi connectivity index (χ2v) is 10.0. The lowest BCUT2D eigenvalue weighted by Crippen LogP contribution is -2.56. The van der Waals surface area contributed by atoms with E-state index in [1.165, 1.54) is 0 Å². The number of carboxylic acid groups (broad SMARTS) is 1. The Labute approximate surface area is 214 Å². The zero-order valence-corrected chi connectivity index (χ0v) is 21.1. The molecular formula is C26H29ClN4O5. The topological polar surface area (TPSA) is 142 Å². The van der Waals surface area contributed by atoms with Crippen LogP contribution in [0.1, 0.15) is 41.1 Å². The van der Waals surface area contributed by atoms with E-state index >= 15 is 0 Å². The molecule has 4 rings (SSSR count). The summed E-state index contributed by atoms with van der Waals surface area (Å²) in [4.78, 5) is 52.7. The lowest BCUT2D eigenvalue weighted by Gasteiger charge is -2.31. The predicted octanol–water partition coefficient (Wildman–Crippen LogP) is 2.99. The van der Waals surface area contributed by atoms with E-state index in [1.807, 2.05) is 39.0 Å². The summed E-state index contributed by atoms with van der Waals surface area (Å²) in [5.74, 6) is -4.37. The molecule has 2 saturated heterocycles. The van der Waals surface area contributed by atoms with E-state index in [2.05, 4.69) is 10.6 Å². The molecule has 9 nitrogen and oxygen atoms in total. The SMILES string of the molecule is Cc1ccc(C)c(C2NC(CCCNC(N)=O)(C(=O)O)C3C(=O)N(c4ccc(C)c(Cl)c4)C(=O)C23)c1. The highest BCUT2D eigenvalue weighted by Gasteiger charge is 2.68. The van der Waals surface area contributed by atoms with Gasteiger partial charge in [-0.15, -0.1) is 0 Å². The van der Waals surface area contributed by atoms with Crippen molar-refractivity contribution < 1.29 is 24.3 Å². The van der Waals surface area contributed by atoms with E-state index in [0.29, 0.717) is 10.7 Å². The van der Waals surface area contributed by atoms with Gasteiger partial charge in [-0.1, -0.05) is 41.4 Å². The van der Waals surface area contributed by atoms with Gasteiger partial charge in [-0.2, -0.15) is 0 Å². The Kier molecular flexibility index (Phi) is 6.81. The first-order chi connectivity index (χ1) is 17.0. The van der Waals surface area contributed by atoms with Crippen molar-refractivity contribution in [1.82, 2.24) is 10.6 Å². The van der Waals surface area contributed by atoms with Crippen molar-refractivity contribution in [2.24, 2.45) is 17.6 Å². The summed E-state index contributed by atoms with van der Waals surface area (Å²) in [5.41, 5.74) is 7.12. The molecule has 2 aliphatic heterocycles. The maximum atomic E-state index is 13.9. The summed E-state index contributed by atoms with van der Waals surface area (Å²) in [7, 11) is 0. The fourth-order valence-corrected chi connectivity index (χ4v) is 5.63. The summed E-state index contributed by atoms with van der Waals surface area (Å²) in [5, 5.41) is 16.5. The van der Waals surface area contributed by atoms with E-state index in [0.717, 1.165) is 27.2 Å². The minimum Gasteiger partial charge on any atom is -0.480 e. The monoisotopic (exact) mass is 512 g/mol. The standard InChI is InChI=1S/C26H29ClN4O5/c1-13-5-6-14(2)17(11-13)21-19-20(26(30-21,24(34)35)9-4-10-29-25(28)36)23(33)31(22(19)32)16-8-7-15(3)18(27)12-16/h5-8,11-12,19-21,30H,4,9-10H2,1-3H3,(H,34,35)(H3,28,29,36). The maximum Gasteiger partial charge on any atom is 0.324 e. The van der Waals surface area contributed by atoms with Crippen LogP contribution in [-0.4, -0.2) is 41.0 Å². The van der Waals surface area contributed by atoms with Gasteiger partial charge in [-0.3, -0.25) is 19.7 Å². The summed E-state index contributed by atoms with van der Waals surface area (Å²) < 4.78 is 0. The number of nitrogens with two attached hydrogens (primary N) is 1. The first-order valence-electron chi connectivity index (χ1n) is 11.7. The fourth-order valence-electron chi connectivity index (χ4n) is 5.45. The third-order valence-corrected chi connectivity index (χ3v) is 7.67. The minimum absolute atomic E-state index is 0.00660. The van der Waals surface area contributed by atoms with Crippen molar-refractivity contribution in [2.75, 3.05) is 11.4 Å². The van der Waals surface area contributed by atoms with Crippen molar-refractivity contribution in [3.05, 3.63) is 63.7 Å². The molecule has 0 radical (unpaired) electrons. The van der Waals surface area contributed by atoms with Crippen molar-refractivity contribution in [3.63, 3.8) is 0 Å². The lowest BCUT2D eigenvalue weighted by atomic mass is 9.76. The van der Waals surface area contributed by atoms with Gasteiger partial charge in [0.05, 0.1) is 17.5 Å². The van der Waals surface area contributed by atoms with E-state index in [-0.39, 0.29) is 19.4 Å². The Morgan fingerprint density at radius 2 is 1.81 bits per heavy atom. The zero-order chi connectivity index (χ0) is 26.4. The third kappa shape index (κ3) is 4.22. The number of halogens is 1. The molecule has 0 saturated carbocycles. The average molecular weight is 513 g/mol. The number of primary amides is 1. The number of carboxylic acids is 1. The van der Waals surface area contributed by atoms with Crippen LogP contribution in [-0.2, 0) is 14.4 Å². The highest BCUT2D eigenvalue weighted by molar-refractivity contribution is 6.32. The van der Waals surface area contributed by atoms with E-state index in [4.69, 9.17) is 17.3 Å². The van der Waals surface area contributed by atoms with Crippen LogP contribution in [0.5, 0.6) is 0 Å². The van der Waals surface area contributed by atoms with Gasteiger partial charge in [-0.25, -0.2) is 9.69 Å². The number of rotatable bonds is 7. The molecule has 36 heavy (non-hydrogen) atoms. The van der Waals surface area contributed by atoms with Crippen LogP contribution in [0, 0.1) is 32.6 Å². The van der Waals surface area contributed by atoms with Gasteiger partial charge in [-0.05, 0) is 62.4 Å². The van der Waals surface area contributed by atoms with Crippen LogP contribution >= 0.6 is 11.6 Å². The zero-order valence-electron chi connectivity index (χ0n) is 20.3. The summed E-state index contributed by atoms with van der Waals surface area (Å²) in [6.45, 7) is 5.75. The normalized spacial score (nSPS) is 25.2. The summed E-state index contributed by atoms with van der Waals surface area (Å²) >= 11 is 6.29. The van der Waals surface area contributed by atoms with E-state index in [1.54, 1.807) is 18.2 Å². The molecule has 4 amide bonds. The van der Waals surface area contributed by atoms with Crippen LogP contribution in [0.3, 0.4) is 0 Å². The Morgan fingerprint density at radius 3 is 2.44 bits per heavy atom. The summed E-state index contributed by atoms with van der Waals surface area (Å²) in [6.07, 6.45) is 0.246. The minimum atomic E-state index is -1.72. The molecule has 0 aromatic heterocycles. The van der Waals surface area contributed by atoms with Crippen molar-refractivity contribution in [1.29, 1.82) is 0 Å². The van der Waals surface area contributed by atoms with Gasteiger partial charge in [0.25, 0.3) is 0 Å². The van der Waals surface area contributed by atoms with Crippen LogP contribution in [0.25, 0.3) is 0 Å². The van der Waals surface area contributed by atoms with Crippen LogP contribution in [0.2, 0.25) is 5.02 Å². The molecule has 5 N–H and O–H groups in total. The number of aryl methyl sites for hydroxylation is 3. The number of hydrogen-bond acceptors (Lipinski definition) is 5. The molecule has 2 heterocycles. The number of imide groups is 1. The van der Waals surface area contributed by atoms with Gasteiger partial charge < -0.3 is 16.2 Å². The quantitative estimate of drug-likeness (QED) is 0.332. The van der Waals surface area contributed by atoms with Gasteiger partial charge in [0.2, 0.25) is 11.8 Å². The molecule has 0 spiro atoms. The Balaban J connectivity index is 1.82. The number of aliphatic carboxylic acids is 1. The number of nitrogens with one attached hydrogen (secondary N) is 2. The molecule has 2 fully saturated rings. The Bertz CT molecular complexity index is 1260. The van der Waals surface area contributed by atoms with Crippen LogP contribution < -0.4 is 21.3 Å². The summed E-state index contributed by atoms with van der Waals surface area (Å²) in [6, 6.07) is 9.25. The highest BCUT2D eigenvalue weighted by Crippen LogP contribution is 2.52. The number of hydrogen-bond donors (Lipinski definition) is 4. The van der Waals surface area contributed by atoms with Crippen LogP contribution in [0.15, 0.2) is 36.4 Å². The van der Waals surface area contributed by atoms with Gasteiger partial charge in [0.15, 0.2) is 0 Å². The van der Waals surface area contributed by atoms with E-state index in [9.17, 15) is 24.3 Å². The van der Waals surface area contributed by atoms with Crippen LogP contribution in [0.4, 0.5) is 10.5 Å². The second-order valence-electron chi connectivity index (χ2n) is 9.60. The second kappa shape index (κ2) is 9.55. The maximum absolute atomic E-state index is 13.9. The van der Waals surface area contributed by atoms with Crippen molar-refractivity contribution in [2.45, 2.75) is 45.2 Å². The molecule has 4 unspecified atom stereocenters. The number of anilines is 1. The molecular weight excluding hydrogens is 484 g/mol. The van der Waals surface area contributed by atoms with Gasteiger partial charge in [0, 0.05) is 17.6 Å². The molecule has 190 valence electrons. The molecule has 4 atom stereocenters. The lowest BCUT2D eigenvalue weighted by molar-refractivity contribution is -0.149. The molecule has 0 aliphatic carbocycles. The van der Waals surface area contributed by atoms with Gasteiger partial charge >= 0.3 is 12.0 Å². The van der Waals surface area contributed by atoms with Gasteiger partial charge in [0.1, 0.15) is 5.54 Å².